The number of allylic oxidation sites excluding steroid dienone is 15. The average molecular weight is 721 g/mol. The van der Waals surface area contributed by atoms with Crippen LogP contribution in [0.2, 0.25) is 0 Å². The van der Waals surface area contributed by atoms with Gasteiger partial charge in [0.15, 0.2) is 0 Å². The topological polar surface area (TPSA) is 88.4 Å². The SMILES string of the molecule is CCCCC=CC=CO[C@@]1(C=CC=CCCCC)[C@H](O)[C@@H](CO)OC(O)(C=CC=CCCCC)[C@]1(C=CC=CCCCC)OC=CC=CCCCC. The fraction of sp³-hybridized carbons (Fsp3) is 0.565. The van der Waals surface area contributed by atoms with Gasteiger partial charge in [-0.2, -0.15) is 0 Å². The molecule has 1 aliphatic heterocycles. The van der Waals surface area contributed by atoms with Gasteiger partial charge in [0.1, 0.15) is 12.2 Å². The fourth-order valence-corrected chi connectivity index (χ4v) is 5.79. The first-order valence-corrected chi connectivity index (χ1v) is 20.1. The van der Waals surface area contributed by atoms with Crippen LogP contribution in [0.15, 0.2) is 122 Å². The van der Waals surface area contributed by atoms with E-state index in [1.165, 1.54) is 18.6 Å². The van der Waals surface area contributed by atoms with Gasteiger partial charge in [0.2, 0.25) is 17.0 Å². The van der Waals surface area contributed by atoms with Gasteiger partial charge in [-0.15, -0.1) is 0 Å². The molecule has 0 aromatic heterocycles. The van der Waals surface area contributed by atoms with Crippen LogP contribution in [0.3, 0.4) is 0 Å². The number of hydrogen-bond acceptors (Lipinski definition) is 6. The second-order valence-corrected chi connectivity index (χ2v) is 13.3. The minimum absolute atomic E-state index is 0.567. The zero-order valence-electron chi connectivity index (χ0n) is 33.1. The third-order valence-corrected chi connectivity index (χ3v) is 8.94. The minimum atomic E-state index is -2.22. The van der Waals surface area contributed by atoms with E-state index in [2.05, 4.69) is 58.9 Å². The van der Waals surface area contributed by atoms with E-state index >= 15 is 0 Å². The molecule has 1 rings (SSSR count). The van der Waals surface area contributed by atoms with E-state index in [4.69, 9.17) is 14.2 Å². The van der Waals surface area contributed by atoms with Gasteiger partial charge in [0.05, 0.1) is 19.1 Å². The number of ether oxygens (including phenoxy) is 3. The quantitative estimate of drug-likeness (QED) is 0.0424. The molecule has 6 heteroatoms. The summed E-state index contributed by atoms with van der Waals surface area (Å²) in [4.78, 5) is 0. The zero-order valence-corrected chi connectivity index (χ0v) is 33.1. The van der Waals surface area contributed by atoms with Crippen molar-refractivity contribution in [1.29, 1.82) is 0 Å². The Hall–Kier alpha value is -3.16. The van der Waals surface area contributed by atoms with Gasteiger partial charge in [-0.25, -0.2) is 0 Å². The number of aliphatic hydroxyl groups is 3. The molecule has 0 aromatic rings. The second kappa shape index (κ2) is 29.3. The van der Waals surface area contributed by atoms with Crippen LogP contribution in [0, 0.1) is 0 Å². The van der Waals surface area contributed by atoms with Crippen molar-refractivity contribution in [3.05, 3.63) is 122 Å². The highest BCUT2D eigenvalue weighted by molar-refractivity contribution is 5.38. The minimum Gasteiger partial charge on any atom is -0.483 e. The summed E-state index contributed by atoms with van der Waals surface area (Å²) in [6.45, 7) is 10.2. The number of rotatable bonds is 28. The van der Waals surface area contributed by atoms with Crippen LogP contribution in [0.25, 0.3) is 0 Å². The van der Waals surface area contributed by atoms with Crippen molar-refractivity contribution in [2.75, 3.05) is 6.61 Å². The number of unbranched alkanes of at least 4 members (excludes halogenated alkanes) is 10. The Kier molecular flexibility index (Phi) is 26.4. The molecule has 0 amide bonds. The molecule has 0 spiro atoms. The third-order valence-electron chi connectivity index (χ3n) is 8.94. The standard InChI is InChI=1S/C46H72O6/c1-6-11-16-21-26-31-36-44(50-39-34-29-24-19-14-9-4)43(48)42(41-47)52-46(49,38-33-28-23-18-13-8-3)45(44,37-32-27-22-17-12-7-2)51-40-35-30-25-20-15-10-5/h21-40,42-43,47-49H,6-20,41H2,1-5H3/t42-,43-,44+,45-,46?/m1/s1. The lowest BCUT2D eigenvalue weighted by Gasteiger charge is -2.58. The van der Waals surface area contributed by atoms with Crippen molar-refractivity contribution in [2.45, 2.75) is 160 Å². The van der Waals surface area contributed by atoms with Crippen LogP contribution in [0.4, 0.5) is 0 Å². The van der Waals surface area contributed by atoms with Gasteiger partial charge in [0.25, 0.3) is 0 Å². The first-order chi connectivity index (χ1) is 25.4. The van der Waals surface area contributed by atoms with E-state index in [0.717, 1.165) is 96.3 Å². The van der Waals surface area contributed by atoms with Gasteiger partial charge in [-0.1, -0.05) is 178 Å². The lowest BCUT2D eigenvalue weighted by Crippen LogP contribution is -2.78. The van der Waals surface area contributed by atoms with Crippen LogP contribution in [-0.4, -0.2) is 51.1 Å². The smallest absolute Gasteiger partial charge is 0.235 e. The molecule has 52 heavy (non-hydrogen) atoms. The molecule has 1 heterocycles. The molecule has 5 atom stereocenters. The Balaban J connectivity index is 4.16. The Morgan fingerprint density at radius 1 is 0.519 bits per heavy atom. The van der Waals surface area contributed by atoms with Crippen molar-refractivity contribution in [3.63, 3.8) is 0 Å². The molecule has 1 aliphatic rings. The van der Waals surface area contributed by atoms with Crippen LogP contribution < -0.4 is 0 Å². The molecule has 6 nitrogen and oxygen atoms in total. The van der Waals surface area contributed by atoms with Crippen molar-refractivity contribution >= 4 is 0 Å². The summed E-state index contributed by atoms with van der Waals surface area (Å²) in [5, 5.41) is 35.7. The molecule has 292 valence electrons. The number of hydrogen-bond donors (Lipinski definition) is 3. The number of aliphatic hydroxyl groups excluding tert-OH is 2. The van der Waals surface area contributed by atoms with E-state index in [0.29, 0.717) is 0 Å². The van der Waals surface area contributed by atoms with Crippen molar-refractivity contribution in [3.8, 4) is 0 Å². The average Bonchev–Trinajstić information content (AvgIpc) is 3.15. The predicted octanol–water partition coefficient (Wildman–Crippen LogP) is 11.4. The Morgan fingerprint density at radius 2 is 0.904 bits per heavy atom. The zero-order chi connectivity index (χ0) is 38.2. The summed E-state index contributed by atoms with van der Waals surface area (Å²) >= 11 is 0. The lowest BCUT2D eigenvalue weighted by atomic mass is 9.68. The van der Waals surface area contributed by atoms with Gasteiger partial charge >= 0.3 is 0 Å². The van der Waals surface area contributed by atoms with E-state index in [1.54, 1.807) is 30.4 Å². The van der Waals surface area contributed by atoms with Gasteiger partial charge in [0, 0.05) is 0 Å². The first kappa shape index (κ1) is 46.9. The summed E-state index contributed by atoms with van der Waals surface area (Å²) in [6.07, 6.45) is 49.3. The molecule has 1 unspecified atom stereocenters. The lowest BCUT2D eigenvalue weighted by molar-refractivity contribution is -0.373. The van der Waals surface area contributed by atoms with Gasteiger partial charge < -0.3 is 29.5 Å². The highest BCUT2D eigenvalue weighted by Gasteiger charge is 2.73. The van der Waals surface area contributed by atoms with E-state index in [-0.39, 0.29) is 0 Å². The highest BCUT2D eigenvalue weighted by Crippen LogP contribution is 2.51. The summed E-state index contributed by atoms with van der Waals surface area (Å²) in [5.41, 5.74) is -3.69. The Labute approximate surface area is 317 Å². The largest absolute Gasteiger partial charge is 0.483 e. The summed E-state index contributed by atoms with van der Waals surface area (Å²) in [5.74, 6) is -2.22. The van der Waals surface area contributed by atoms with Gasteiger partial charge in [-0.3, -0.25) is 0 Å². The molecule has 0 bridgehead atoms. The van der Waals surface area contributed by atoms with Crippen LogP contribution in [-0.2, 0) is 14.2 Å². The molecule has 1 saturated heterocycles. The molecule has 1 fully saturated rings. The summed E-state index contributed by atoms with van der Waals surface area (Å²) < 4.78 is 19.7. The fourth-order valence-electron chi connectivity index (χ4n) is 5.79. The maximum Gasteiger partial charge on any atom is 0.235 e. The maximum atomic E-state index is 12.8. The van der Waals surface area contributed by atoms with Crippen LogP contribution >= 0.6 is 0 Å². The summed E-state index contributed by atoms with van der Waals surface area (Å²) in [7, 11) is 0. The second-order valence-electron chi connectivity index (χ2n) is 13.3. The maximum absolute atomic E-state index is 12.8. The Morgan fingerprint density at radius 3 is 1.33 bits per heavy atom. The third kappa shape index (κ3) is 15.8. The molecule has 0 aromatic carbocycles. The van der Waals surface area contributed by atoms with Gasteiger partial charge in [-0.05, 0) is 62.5 Å². The molecular weight excluding hydrogens is 649 g/mol. The molecule has 0 saturated carbocycles. The summed E-state index contributed by atoms with van der Waals surface area (Å²) in [6, 6.07) is 0. The van der Waals surface area contributed by atoms with E-state index in [1.807, 2.05) is 48.6 Å². The van der Waals surface area contributed by atoms with Crippen LogP contribution in [0.5, 0.6) is 0 Å². The monoisotopic (exact) mass is 721 g/mol. The molecule has 0 radical (unpaired) electrons. The molecule has 3 N–H and O–H groups in total. The molecular formula is C46H72O6. The van der Waals surface area contributed by atoms with Crippen molar-refractivity contribution < 1.29 is 29.5 Å². The highest BCUT2D eigenvalue weighted by atomic mass is 16.7. The van der Waals surface area contributed by atoms with Crippen LogP contribution in [0.1, 0.15) is 131 Å². The van der Waals surface area contributed by atoms with Crippen molar-refractivity contribution in [2.24, 2.45) is 0 Å². The molecule has 0 aliphatic carbocycles. The first-order valence-electron chi connectivity index (χ1n) is 20.1. The normalized spacial score (nSPS) is 26.3. The Bertz CT molecular complexity index is 1200. The van der Waals surface area contributed by atoms with E-state index in [9.17, 15) is 15.3 Å². The van der Waals surface area contributed by atoms with Crippen molar-refractivity contribution in [1.82, 2.24) is 0 Å². The predicted molar refractivity (Wildman–Crippen MR) is 220 cm³/mol. The van der Waals surface area contributed by atoms with E-state index < -0.39 is 35.8 Å².